The number of thiazole rings is 1. The summed E-state index contributed by atoms with van der Waals surface area (Å²) in [5.74, 6) is -0.0174. The third-order valence-electron chi connectivity index (χ3n) is 6.76. The van der Waals surface area contributed by atoms with Gasteiger partial charge in [-0.05, 0) is 60.9 Å². The number of nitrogens with zero attached hydrogens (tertiary/aromatic N) is 4. The molecule has 0 radical (unpaired) electrons. The minimum absolute atomic E-state index is 0. The van der Waals surface area contributed by atoms with Crippen molar-refractivity contribution >= 4 is 55.4 Å². The molecule has 1 amide bonds. The number of halogens is 1. The number of nitrogens with one attached hydrogen (secondary N) is 1. The number of hydrogen-bond acceptors (Lipinski definition) is 8. The van der Waals surface area contributed by atoms with Crippen LogP contribution in [0, 0.1) is 0 Å². The van der Waals surface area contributed by atoms with Gasteiger partial charge in [0.05, 0.1) is 24.1 Å². The monoisotopic (exact) mass is 567 g/mol. The Morgan fingerprint density at radius 3 is 2.73 bits per heavy atom. The molecule has 12 heteroatoms. The highest BCUT2D eigenvalue weighted by Crippen LogP contribution is 2.30. The highest BCUT2D eigenvalue weighted by atomic mass is 35.5. The van der Waals surface area contributed by atoms with Crippen molar-refractivity contribution in [2.75, 3.05) is 53.9 Å². The fraction of sp³-hybridized carbons (Fsp3) is 0.360. The summed E-state index contributed by atoms with van der Waals surface area (Å²) in [6.07, 6.45) is 3.44. The maximum atomic E-state index is 13.3. The summed E-state index contributed by atoms with van der Waals surface area (Å²) in [7, 11) is -3.73. The van der Waals surface area contributed by atoms with Crippen LogP contribution in [0.4, 0.5) is 16.5 Å². The second kappa shape index (κ2) is 10.9. The molecule has 5 rings (SSSR count). The molecule has 0 saturated carbocycles. The van der Waals surface area contributed by atoms with Crippen LogP contribution >= 0.6 is 22.9 Å². The average Bonchev–Trinajstić information content (AvgIpc) is 3.40. The lowest BCUT2D eigenvalue weighted by molar-refractivity contribution is -0.133. The van der Waals surface area contributed by atoms with Gasteiger partial charge in [-0.3, -0.25) is 9.52 Å². The van der Waals surface area contributed by atoms with Crippen molar-refractivity contribution in [3.05, 3.63) is 64.6 Å². The van der Waals surface area contributed by atoms with E-state index < -0.39 is 10.0 Å². The minimum atomic E-state index is -3.73. The molecule has 202 valence electrons. The number of anilines is 3. The van der Waals surface area contributed by atoms with Crippen LogP contribution in [0.3, 0.4) is 0 Å². The fourth-order valence-electron chi connectivity index (χ4n) is 4.92. The molecule has 2 N–H and O–H groups in total. The number of hydrogen-bond donors (Lipinski definition) is 2. The molecule has 1 aromatic heterocycles. The Morgan fingerprint density at radius 2 is 2.00 bits per heavy atom. The van der Waals surface area contributed by atoms with Crippen molar-refractivity contribution in [3.63, 3.8) is 0 Å². The quantitative estimate of drug-likeness (QED) is 0.447. The number of aliphatic hydroxyl groups excluding tert-OH is 1. The number of amides is 1. The molecule has 0 unspecified atom stereocenters. The van der Waals surface area contributed by atoms with Crippen molar-refractivity contribution in [1.29, 1.82) is 0 Å². The Labute approximate surface area is 229 Å². The minimum Gasteiger partial charge on any atom is -0.394 e. The van der Waals surface area contributed by atoms with Crippen LogP contribution in [-0.2, 0) is 21.2 Å². The maximum absolute atomic E-state index is 13.3. The number of aliphatic hydroxyl groups is 1. The van der Waals surface area contributed by atoms with Crippen LogP contribution in [0.15, 0.2) is 58.9 Å². The molecule has 9 nitrogen and oxygen atoms in total. The summed E-state index contributed by atoms with van der Waals surface area (Å²) in [5, 5.41) is 12.8. The molecule has 37 heavy (non-hydrogen) atoms. The number of aryl methyl sites for hydroxylation is 1. The predicted molar refractivity (Wildman–Crippen MR) is 152 cm³/mol. The first kappa shape index (κ1) is 25.8. The number of aromatic nitrogens is 1. The van der Waals surface area contributed by atoms with Gasteiger partial charge < -0.3 is 19.8 Å². The molecule has 1 fully saturated rings. The number of fused-ring (bicyclic) bond motifs is 1. The predicted octanol–water partition coefficient (Wildman–Crippen LogP) is 3.80. The van der Waals surface area contributed by atoms with Gasteiger partial charge >= 0.3 is 0 Å². The van der Waals surface area contributed by atoms with E-state index in [1.54, 1.807) is 34.5 Å². The Bertz CT molecular complexity index is 1370. The van der Waals surface area contributed by atoms with Gasteiger partial charge in [-0.1, -0.05) is 11.6 Å². The number of benzene rings is 2. The largest absolute Gasteiger partial charge is 0.394 e. The number of piperazine rings is 1. The van der Waals surface area contributed by atoms with Crippen molar-refractivity contribution < 1.29 is 22.6 Å². The van der Waals surface area contributed by atoms with Gasteiger partial charge in [0.25, 0.3) is 10.0 Å². The van der Waals surface area contributed by atoms with Crippen LogP contribution in [0.1, 0.15) is 16.3 Å². The normalized spacial score (nSPS) is 18.0. The van der Waals surface area contributed by atoms with Crippen molar-refractivity contribution in [2.45, 2.75) is 23.8 Å². The molecule has 2 aliphatic heterocycles. The first-order valence-electron chi connectivity index (χ1n) is 12.0. The van der Waals surface area contributed by atoms with E-state index in [0.717, 1.165) is 36.3 Å². The van der Waals surface area contributed by atoms with E-state index in [4.69, 9.17) is 11.6 Å². The maximum Gasteiger partial charge on any atom is 0.263 e. The first-order valence-corrected chi connectivity index (χ1v) is 14.8. The van der Waals surface area contributed by atoms with E-state index >= 15 is 0 Å². The van der Waals surface area contributed by atoms with Gasteiger partial charge in [0.15, 0.2) is 5.13 Å². The molecule has 0 spiro atoms. The smallest absolute Gasteiger partial charge is 0.263 e. The van der Waals surface area contributed by atoms with E-state index in [0.29, 0.717) is 29.8 Å². The summed E-state index contributed by atoms with van der Waals surface area (Å²) in [6, 6.07) is 12.0. The van der Waals surface area contributed by atoms with Gasteiger partial charge in [-0.2, -0.15) is 0 Å². The standard InChI is InChI=1S/C25H28ClN5O4S2.3H2/c26-19-3-8-23-18(14-19)2-1-10-30(23)16-24(33)31-12-11-29(15-21(31)17-32)20-4-6-22(7-5-20)37(34,35)28-25-27-9-13-36-25;;;/h3-9,13-14,21,32H,1-2,10-12,15-17H2,(H,27,28);3*1H/t21-;;;/m1.../s1. The molecule has 1 atom stereocenters. The Kier molecular flexibility index (Phi) is 7.57. The second-order valence-electron chi connectivity index (χ2n) is 9.10. The van der Waals surface area contributed by atoms with Crippen LogP contribution < -0.4 is 14.5 Å². The van der Waals surface area contributed by atoms with Crippen LogP contribution in [0.2, 0.25) is 5.02 Å². The van der Waals surface area contributed by atoms with E-state index in [1.165, 1.54) is 17.5 Å². The lowest BCUT2D eigenvalue weighted by Gasteiger charge is -2.43. The van der Waals surface area contributed by atoms with Gasteiger partial charge in [0, 0.05) is 58.4 Å². The highest BCUT2D eigenvalue weighted by Gasteiger charge is 2.32. The average molecular weight is 568 g/mol. The van der Waals surface area contributed by atoms with Crippen molar-refractivity contribution in [1.82, 2.24) is 9.88 Å². The van der Waals surface area contributed by atoms with Crippen molar-refractivity contribution in [2.24, 2.45) is 0 Å². The number of sulfonamides is 1. The van der Waals surface area contributed by atoms with E-state index in [9.17, 15) is 18.3 Å². The molecule has 1 saturated heterocycles. The fourth-order valence-corrected chi connectivity index (χ4v) is 6.90. The molecule has 0 bridgehead atoms. The van der Waals surface area contributed by atoms with Gasteiger partial charge in [0.1, 0.15) is 0 Å². The topological polar surface area (TPSA) is 106 Å². The Morgan fingerprint density at radius 1 is 1.19 bits per heavy atom. The number of rotatable bonds is 7. The SMILES string of the molecule is O=C(CN1CCCc2cc(Cl)ccc21)N1CCN(c2ccc(S(=O)(=O)Nc3nccs3)cc2)C[C@@H]1CO.[HH].[HH].[HH]. The lowest BCUT2D eigenvalue weighted by atomic mass is 10.0. The van der Waals surface area contributed by atoms with Crippen LogP contribution in [0.5, 0.6) is 0 Å². The molecule has 2 aromatic carbocycles. The summed E-state index contributed by atoms with van der Waals surface area (Å²) in [6.45, 7) is 2.41. The van der Waals surface area contributed by atoms with Crippen molar-refractivity contribution in [3.8, 4) is 0 Å². The zero-order chi connectivity index (χ0) is 26.0. The first-order chi connectivity index (χ1) is 17.8. The Hall–Kier alpha value is -2.86. The summed E-state index contributed by atoms with van der Waals surface area (Å²) in [5.41, 5.74) is 3.03. The van der Waals surface area contributed by atoms with E-state index in [1.807, 2.05) is 18.2 Å². The number of carbonyl (C=O) groups is 1. The molecule has 0 aliphatic carbocycles. The van der Waals surface area contributed by atoms with Gasteiger partial charge in [-0.25, -0.2) is 13.4 Å². The summed E-state index contributed by atoms with van der Waals surface area (Å²) < 4.78 is 27.7. The number of carbonyl (C=O) groups excluding carboxylic acids is 1. The second-order valence-corrected chi connectivity index (χ2v) is 12.1. The third-order valence-corrected chi connectivity index (χ3v) is 9.17. The zero-order valence-electron chi connectivity index (χ0n) is 20.1. The lowest BCUT2D eigenvalue weighted by Crippen LogP contribution is -2.58. The zero-order valence-corrected chi connectivity index (χ0v) is 22.5. The molecule has 2 aliphatic rings. The van der Waals surface area contributed by atoms with Crippen LogP contribution in [-0.4, -0.2) is 74.7 Å². The van der Waals surface area contributed by atoms with Gasteiger partial charge in [0.2, 0.25) is 5.91 Å². The molecule has 3 aromatic rings. The third kappa shape index (κ3) is 5.69. The van der Waals surface area contributed by atoms with Gasteiger partial charge in [-0.15, -0.1) is 11.3 Å². The molecular formula is C25H34ClN5O4S2. The van der Waals surface area contributed by atoms with E-state index in [2.05, 4.69) is 19.5 Å². The molecular weight excluding hydrogens is 534 g/mol. The Balaban J connectivity index is 0.00000187. The summed E-state index contributed by atoms with van der Waals surface area (Å²) >= 11 is 7.36. The summed E-state index contributed by atoms with van der Waals surface area (Å²) in [4.78, 5) is 23.3. The van der Waals surface area contributed by atoms with Crippen LogP contribution in [0.25, 0.3) is 0 Å². The van der Waals surface area contributed by atoms with E-state index in [-0.39, 0.29) is 34.3 Å². The highest BCUT2D eigenvalue weighted by molar-refractivity contribution is 7.93. The molecule has 3 heterocycles.